The van der Waals surface area contributed by atoms with Gasteiger partial charge < -0.3 is 28.8 Å². The summed E-state index contributed by atoms with van der Waals surface area (Å²) in [5, 5.41) is 3.02. The minimum Gasteiger partial charge on any atom is -0.497 e. The van der Waals surface area contributed by atoms with Gasteiger partial charge in [-0.25, -0.2) is 4.98 Å². The lowest BCUT2D eigenvalue weighted by Gasteiger charge is -2.11. The molecular formula is C31H37N3O5. The summed E-state index contributed by atoms with van der Waals surface area (Å²) < 4.78 is 24.0. The molecule has 206 valence electrons. The van der Waals surface area contributed by atoms with Crippen LogP contribution in [-0.2, 0) is 24.2 Å². The highest BCUT2D eigenvalue weighted by Crippen LogP contribution is 2.27. The Labute approximate surface area is 229 Å². The van der Waals surface area contributed by atoms with Gasteiger partial charge in [0, 0.05) is 13.0 Å². The molecule has 0 aliphatic carbocycles. The van der Waals surface area contributed by atoms with E-state index in [9.17, 15) is 4.79 Å². The van der Waals surface area contributed by atoms with Gasteiger partial charge in [-0.2, -0.15) is 0 Å². The molecule has 4 aromatic rings. The number of aromatic nitrogens is 2. The highest BCUT2D eigenvalue weighted by Gasteiger charge is 2.11. The summed E-state index contributed by atoms with van der Waals surface area (Å²) in [5.74, 6) is 3.96. The van der Waals surface area contributed by atoms with Gasteiger partial charge >= 0.3 is 0 Å². The molecule has 1 N–H and O–H groups in total. The third-order valence-corrected chi connectivity index (χ3v) is 6.59. The fourth-order valence-corrected chi connectivity index (χ4v) is 4.54. The van der Waals surface area contributed by atoms with Crippen molar-refractivity contribution in [3.63, 3.8) is 0 Å². The SMILES string of the molecule is COc1ccc(OCCn2c(CCCCCNC(=O)Cc3ccc(OC)c(OC)c3)nc3ccccc32)cc1. The maximum Gasteiger partial charge on any atom is 0.224 e. The maximum atomic E-state index is 12.4. The molecule has 0 saturated heterocycles. The van der Waals surface area contributed by atoms with E-state index in [4.69, 9.17) is 23.9 Å². The summed E-state index contributed by atoms with van der Waals surface area (Å²) in [4.78, 5) is 17.3. The van der Waals surface area contributed by atoms with Crippen molar-refractivity contribution in [2.75, 3.05) is 34.5 Å². The molecule has 0 saturated carbocycles. The summed E-state index contributed by atoms with van der Waals surface area (Å²) in [5.41, 5.74) is 3.01. The quantitative estimate of drug-likeness (QED) is 0.212. The van der Waals surface area contributed by atoms with Gasteiger partial charge in [0.15, 0.2) is 11.5 Å². The molecule has 0 radical (unpaired) electrons. The van der Waals surface area contributed by atoms with Gasteiger partial charge in [-0.3, -0.25) is 4.79 Å². The lowest BCUT2D eigenvalue weighted by Crippen LogP contribution is -2.26. The molecule has 39 heavy (non-hydrogen) atoms. The molecule has 0 bridgehead atoms. The third kappa shape index (κ3) is 7.66. The van der Waals surface area contributed by atoms with E-state index < -0.39 is 0 Å². The van der Waals surface area contributed by atoms with Crippen LogP contribution in [0.2, 0.25) is 0 Å². The number of benzene rings is 3. The second-order valence-corrected chi connectivity index (χ2v) is 9.22. The number of amides is 1. The number of nitrogens with zero attached hydrogens (tertiary/aromatic N) is 2. The van der Waals surface area contributed by atoms with E-state index in [1.165, 1.54) is 0 Å². The van der Waals surface area contributed by atoms with Gasteiger partial charge in [0.2, 0.25) is 5.91 Å². The summed E-state index contributed by atoms with van der Waals surface area (Å²) in [6.45, 7) is 1.91. The third-order valence-electron chi connectivity index (χ3n) is 6.59. The zero-order valence-corrected chi connectivity index (χ0v) is 22.9. The topological polar surface area (TPSA) is 83.8 Å². The molecule has 1 amide bonds. The first-order valence-electron chi connectivity index (χ1n) is 13.3. The van der Waals surface area contributed by atoms with Crippen molar-refractivity contribution < 1.29 is 23.7 Å². The molecule has 4 rings (SSSR count). The number of fused-ring (bicyclic) bond motifs is 1. The average molecular weight is 532 g/mol. The van der Waals surface area contributed by atoms with E-state index in [-0.39, 0.29) is 5.91 Å². The lowest BCUT2D eigenvalue weighted by molar-refractivity contribution is -0.120. The van der Waals surface area contributed by atoms with E-state index in [1.807, 2.05) is 60.7 Å². The maximum absolute atomic E-state index is 12.4. The van der Waals surface area contributed by atoms with E-state index in [0.29, 0.717) is 37.6 Å². The Kier molecular flexibility index (Phi) is 10.1. The predicted octanol–water partition coefficient (Wildman–Crippen LogP) is 5.21. The Morgan fingerprint density at radius 3 is 2.38 bits per heavy atom. The summed E-state index contributed by atoms with van der Waals surface area (Å²) in [7, 11) is 4.84. The fourth-order valence-electron chi connectivity index (χ4n) is 4.54. The molecule has 8 heteroatoms. The first-order valence-corrected chi connectivity index (χ1v) is 13.3. The number of imidazole rings is 1. The Bertz CT molecular complexity index is 1350. The van der Waals surface area contributed by atoms with Crippen LogP contribution in [0.25, 0.3) is 11.0 Å². The number of methoxy groups -OCH3 is 3. The average Bonchev–Trinajstić information content (AvgIpc) is 3.32. The Morgan fingerprint density at radius 2 is 1.62 bits per heavy atom. The van der Waals surface area contributed by atoms with Gasteiger partial charge in [-0.15, -0.1) is 0 Å². The van der Waals surface area contributed by atoms with Crippen LogP contribution in [0.4, 0.5) is 0 Å². The zero-order chi connectivity index (χ0) is 27.5. The molecule has 1 aromatic heterocycles. The molecule has 3 aromatic carbocycles. The number of para-hydroxylation sites is 2. The number of unbranched alkanes of at least 4 members (excludes halogenated alkanes) is 2. The van der Waals surface area contributed by atoms with Gasteiger partial charge in [-0.1, -0.05) is 24.6 Å². The number of aryl methyl sites for hydroxylation is 1. The Balaban J connectivity index is 1.22. The molecule has 0 atom stereocenters. The molecule has 0 fully saturated rings. The molecule has 0 unspecified atom stereocenters. The van der Waals surface area contributed by atoms with Gasteiger partial charge in [0.1, 0.15) is 23.9 Å². The second kappa shape index (κ2) is 14.1. The fraction of sp³-hybridized carbons (Fsp3) is 0.355. The molecule has 0 aliphatic rings. The monoisotopic (exact) mass is 531 g/mol. The van der Waals surface area contributed by atoms with Crippen LogP contribution in [0, 0.1) is 0 Å². The van der Waals surface area contributed by atoms with Gasteiger partial charge in [0.05, 0.1) is 45.3 Å². The number of hydrogen-bond acceptors (Lipinski definition) is 6. The first kappa shape index (κ1) is 27.8. The highest BCUT2D eigenvalue weighted by molar-refractivity contribution is 5.78. The summed E-state index contributed by atoms with van der Waals surface area (Å²) in [6, 6.07) is 21.4. The normalized spacial score (nSPS) is 10.8. The number of rotatable bonds is 15. The van der Waals surface area contributed by atoms with Crippen molar-refractivity contribution in [2.24, 2.45) is 0 Å². The number of carbonyl (C=O) groups excluding carboxylic acids is 1. The Hall–Kier alpha value is -4.20. The minimum absolute atomic E-state index is 0.000808. The largest absolute Gasteiger partial charge is 0.497 e. The number of nitrogens with one attached hydrogen (secondary N) is 1. The van der Waals surface area contributed by atoms with Gasteiger partial charge in [0.25, 0.3) is 0 Å². The Morgan fingerprint density at radius 1 is 0.846 bits per heavy atom. The summed E-state index contributed by atoms with van der Waals surface area (Å²) in [6.07, 6.45) is 4.09. The van der Waals surface area contributed by atoms with Crippen LogP contribution < -0.4 is 24.3 Å². The van der Waals surface area contributed by atoms with E-state index in [1.54, 1.807) is 21.3 Å². The standard InChI is InChI=1S/C31H37N3O5/c1-36-24-13-15-25(16-14-24)39-20-19-34-27-10-7-6-9-26(27)33-30(34)11-5-4-8-18-32-31(35)22-23-12-17-28(37-2)29(21-23)38-3/h6-7,9-10,12-17,21H,4-5,8,11,18-20,22H2,1-3H3,(H,32,35). The number of ether oxygens (including phenoxy) is 4. The van der Waals surface area contributed by atoms with Crippen molar-refractivity contribution in [1.82, 2.24) is 14.9 Å². The van der Waals surface area contributed by atoms with Crippen LogP contribution in [0.1, 0.15) is 30.7 Å². The van der Waals surface area contributed by atoms with E-state index in [2.05, 4.69) is 16.0 Å². The zero-order valence-electron chi connectivity index (χ0n) is 22.9. The molecule has 1 heterocycles. The van der Waals surface area contributed by atoms with Crippen molar-refractivity contribution in [2.45, 2.75) is 38.6 Å². The second-order valence-electron chi connectivity index (χ2n) is 9.22. The van der Waals surface area contributed by atoms with Crippen LogP contribution in [0.15, 0.2) is 66.7 Å². The molecule has 8 nitrogen and oxygen atoms in total. The molecule has 0 aliphatic heterocycles. The number of carbonyl (C=O) groups is 1. The van der Waals surface area contributed by atoms with E-state index in [0.717, 1.165) is 59.6 Å². The van der Waals surface area contributed by atoms with Crippen molar-refractivity contribution in [1.29, 1.82) is 0 Å². The van der Waals surface area contributed by atoms with Crippen LogP contribution in [-0.4, -0.2) is 49.9 Å². The first-order chi connectivity index (χ1) is 19.1. The summed E-state index contributed by atoms with van der Waals surface area (Å²) >= 11 is 0. The van der Waals surface area contributed by atoms with Gasteiger partial charge in [-0.05, 0) is 66.9 Å². The number of hydrogen-bond donors (Lipinski definition) is 1. The van der Waals surface area contributed by atoms with E-state index >= 15 is 0 Å². The minimum atomic E-state index is 0.000808. The van der Waals surface area contributed by atoms with Crippen molar-refractivity contribution in [3.8, 4) is 23.0 Å². The van der Waals surface area contributed by atoms with Crippen molar-refractivity contribution >= 4 is 16.9 Å². The highest BCUT2D eigenvalue weighted by atomic mass is 16.5. The lowest BCUT2D eigenvalue weighted by atomic mass is 10.1. The van der Waals surface area contributed by atoms with Crippen molar-refractivity contribution in [3.05, 3.63) is 78.1 Å². The van der Waals surface area contributed by atoms with Crippen LogP contribution in [0.5, 0.6) is 23.0 Å². The smallest absolute Gasteiger partial charge is 0.224 e. The molecule has 0 spiro atoms. The predicted molar refractivity (Wildman–Crippen MR) is 152 cm³/mol. The van der Waals surface area contributed by atoms with Crippen LogP contribution in [0.3, 0.4) is 0 Å². The molecular weight excluding hydrogens is 494 g/mol. The van der Waals surface area contributed by atoms with Crippen LogP contribution >= 0.6 is 0 Å².